The summed E-state index contributed by atoms with van der Waals surface area (Å²) in [6, 6.07) is 4.31. The van der Waals surface area contributed by atoms with Gasteiger partial charge in [0.25, 0.3) is 0 Å². The highest BCUT2D eigenvalue weighted by Crippen LogP contribution is 2.27. The number of hydrogen-bond donors (Lipinski definition) is 2. The van der Waals surface area contributed by atoms with Crippen molar-refractivity contribution in [3.05, 3.63) is 24.0 Å². The minimum absolute atomic E-state index is 0.116. The van der Waals surface area contributed by atoms with E-state index in [1.54, 1.807) is 6.07 Å². The predicted molar refractivity (Wildman–Crippen MR) is 75.3 cm³/mol. The first-order valence-corrected chi connectivity index (χ1v) is 7.00. The lowest BCUT2D eigenvalue weighted by Crippen LogP contribution is -2.15. The molecule has 1 fully saturated rings. The summed E-state index contributed by atoms with van der Waals surface area (Å²) in [5.74, 6) is 0.0658. The molecule has 1 aliphatic rings. The first-order valence-electron chi connectivity index (χ1n) is 7.00. The maximum Gasteiger partial charge on any atom is 0.224 e. The fourth-order valence-electron chi connectivity index (χ4n) is 2.66. The molecule has 1 aromatic rings. The van der Waals surface area contributed by atoms with E-state index in [2.05, 4.69) is 5.32 Å². The van der Waals surface area contributed by atoms with Gasteiger partial charge in [0, 0.05) is 12.1 Å². The van der Waals surface area contributed by atoms with E-state index in [1.165, 1.54) is 44.2 Å². The molecule has 3 N–H and O–H groups in total. The van der Waals surface area contributed by atoms with Crippen molar-refractivity contribution in [3.63, 3.8) is 0 Å². The van der Waals surface area contributed by atoms with E-state index in [4.69, 9.17) is 5.73 Å². The van der Waals surface area contributed by atoms with Crippen molar-refractivity contribution >= 4 is 17.3 Å². The Hall–Kier alpha value is -1.58. The SMILES string of the molecule is Nc1ccc(NC(=O)CCC2CCCCC2)c(F)c1. The van der Waals surface area contributed by atoms with Crippen LogP contribution in [-0.4, -0.2) is 5.91 Å². The molecule has 0 radical (unpaired) electrons. The van der Waals surface area contributed by atoms with Crippen LogP contribution in [0.1, 0.15) is 44.9 Å². The van der Waals surface area contributed by atoms with Gasteiger partial charge in [0.05, 0.1) is 5.69 Å². The second kappa shape index (κ2) is 6.55. The Kier molecular flexibility index (Phi) is 4.77. The second-order valence-electron chi connectivity index (χ2n) is 5.33. The second-order valence-corrected chi connectivity index (χ2v) is 5.33. The van der Waals surface area contributed by atoms with Crippen LogP contribution in [0.4, 0.5) is 15.8 Å². The lowest BCUT2D eigenvalue weighted by molar-refractivity contribution is -0.116. The molecule has 0 unspecified atom stereocenters. The van der Waals surface area contributed by atoms with Gasteiger partial charge < -0.3 is 11.1 Å². The first kappa shape index (κ1) is 13.8. The van der Waals surface area contributed by atoms with Crippen LogP contribution in [0.5, 0.6) is 0 Å². The van der Waals surface area contributed by atoms with Crippen LogP contribution in [-0.2, 0) is 4.79 Å². The maximum absolute atomic E-state index is 13.5. The van der Waals surface area contributed by atoms with Gasteiger partial charge >= 0.3 is 0 Å². The minimum Gasteiger partial charge on any atom is -0.399 e. The normalized spacial score (nSPS) is 16.3. The molecule has 0 spiro atoms. The average molecular weight is 264 g/mol. The van der Waals surface area contributed by atoms with E-state index in [0.29, 0.717) is 18.0 Å². The number of anilines is 2. The third kappa shape index (κ3) is 4.23. The number of carbonyl (C=O) groups excluding carboxylic acids is 1. The molecular formula is C15H21FN2O. The molecule has 19 heavy (non-hydrogen) atoms. The van der Waals surface area contributed by atoms with Gasteiger partial charge in [-0.1, -0.05) is 32.1 Å². The molecule has 0 aliphatic heterocycles. The fraction of sp³-hybridized carbons (Fsp3) is 0.533. The van der Waals surface area contributed by atoms with Crippen LogP contribution in [0.3, 0.4) is 0 Å². The molecule has 0 aromatic heterocycles. The van der Waals surface area contributed by atoms with Gasteiger partial charge in [0.1, 0.15) is 5.82 Å². The van der Waals surface area contributed by atoms with Crippen molar-refractivity contribution in [2.45, 2.75) is 44.9 Å². The molecule has 104 valence electrons. The molecular weight excluding hydrogens is 243 g/mol. The molecule has 3 nitrogen and oxygen atoms in total. The van der Waals surface area contributed by atoms with Crippen LogP contribution in [0.15, 0.2) is 18.2 Å². The zero-order valence-electron chi connectivity index (χ0n) is 11.1. The summed E-state index contributed by atoms with van der Waals surface area (Å²) in [5.41, 5.74) is 6.03. The third-order valence-corrected chi connectivity index (χ3v) is 3.77. The topological polar surface area (TPSA) is 55.1 Å². The summed E-state index contributed by atoms with van der Waals surface area (Å²) in [5, 5.41) is 2.61. The van der Waals surface area contributed by atoms with Crippen molar-refractivity contribution in [2.24, 2.45) is 5.92 Å². The molecule has 0 saturated heterocycles. The standard InChI is InChI=1S/C15H21FN2O/c16-13-10-12(17)7-8-14(13)18-15(19)9-6-11-4-2-1-3-5-11/h7-8,10-11H,1-6,9,17H2,(H,18,19). The van der Waals surface area contributed by atoms with Gasteiger partial charge in [-0.3, -0.25) is 4.79 Å². The Labute approximate surface area is 113 Å². The highest BCUT2D eigenvalue weighted by molar-refractivity contribution is 5.90. The monoisotopic (exact) mass is 264 g/mol. The van der Waals surface area contributed by atoms with E-state index in [9.17, 15) is 9.18 Å². The van der Waals surface area contributed by atoms with Crippen molar-refractivity contribution < 1.29 is 9.18 Å². The lowest BCUT2D eigenvalue weighted by Gasteiger charge is -2.21. The van der Waals surface area contributed by atoms with Gasteiger partial charge in [-0.15, -0.1) is 0 Å². The Morgan fingerprint density at radius 1 is 1.32 bits per heavy atom. The van der Waals surface area contributed by atoms with E-state index in [-0.39, 0.29) is 11.6 Å². The van der Waals surface area contributed by atoms with Gasteiger partial charge in [-0.05, 0) is 30.5 Å². The number of rotatable bonds is 4. The van der Waals surface area contributed by atoms with Gasteiger partial charge in [-0.2, -0.15) is 0 Å². The maximum atomic E-state index is 13.5. The summed E-state index contributed by atoms with van der Waals surface area (Å²) >= 11 is 0. The summed E-state index contributed by atoms with van der Waals surface area (Å²) in [7, 11) is 0. The summed E-state index contributed by atoms with van der Waals surface area (Å²) in [4.78, 5) is 11.8. The molecule has 1 amide bonds. The zero-order valence-corrected chi connectivity index (χ0v) is 11.1. The lowest BCUT2D eigenvalue weighted by atomic mass is 9.86. The van der Waals surface area contributed by atoms with Crippen LogP contribution < -0.4 is 11.1 Å². The highest BCUT2D eigenvalue weighted by Gasteiger charge is 2.15. The van der Waals surface area contributed by atoms with Gasteiger partial charge in [0.2, 0.25) is 5.91 Å². The largest absolute Gasteiger partial charge is 0.399 e. The van der Waals surface area contributed by atoms with Crippen molar-refractivity contribution in [2.75, 3.05) is 11.1 Å². The smallest absolute Gasteiger partial charge is 0.224 e. The number of carbonyl (C=O) groups is 1. The van der Waals surface area contributed by atoms with Crippen LogP contribution in [0.2, 0.25) is 0 Å². The number of benzene rings is 1. The molecule has 0 bridgehead atoms. The molecule has 0 atom stereocenters. The van der Waals surface area contributed by atoms with Gasteiger partial charge in [0.15, 0.2) is 0 Å². The Bertz CT molecular complexity index is 442. The van der Waals surface area contributed by atoms with Crippen LogP contribution in [0.25, 0.3) is 0 Å². The average Bonchev–Trinajstić information content (AvgIpc) is 2.41. The van der Waals surface area contributed by atoms with Crippen molar-refractivity contribution in [1.29, 1.82) is 0 Å². The van der Waals surface area contributed by atoms with E-state index < -0.39 is 5.82 Å². The fourth-order valence-corrected chi connectivity index (χ4v) is 2.66. The highest BCUT2D eigenvalue weighted by atomic mass is 19.1. The first-order chi connectivity index (χ1) is 9.15. The number of nitrogens with one attached hydrogen (secondary N) is 1. The van der Waals surface area contributed by atoms with Crippen molar-refractivity contribution in [1.82, 2.24) is 0 Å². The Balaban J connectivity index is 1.80. The molecule has 1 aliphatic carbocycles. The van der Waals surface area contributed by atoms with Gasteiger partial charge in [-0.25, -0.2) is 4.39 Å². The third-order valence-electron chi connectivity index (χ3n) is 3.77. The molecule has 2 rings (SSSR count). The summed E-state index contributed by atoms with van der Waals surface area (Å²) < 4.78 is 13.5. The Morgan fingerprint density at radius 3 is 2.74 bits per heavy atom. The zero-order chi connectivity index (χ0) is 13.7. The number of hydrogen-bond acceptors (Lipinski definition) is 2. The summed E-state index contributed by atoms with van der Waals surface area (Å²) in [6.45, 7) is 0. The van der Waals surface area contributed by atoms with E-state index in [0.717, 1.165) is 6.42 Å². The number of nitrogens with two attached hydrogens (primary N) is 1. The molecule has 1 saturated carbocycles. The van der Waals surface area contributed by atoms with Crippen molar-refractivity contribution in [3.8, 4) is 0 Å². The molecule has 0 heterocycles. The molecule has 1 aromatic carbocycles. The summed E-state index contributed by atoms with van der Waals surface area (Å²) in [6.07, 6.45) is 7.70. The number of amides is 1. The Morgan fingerprint density at radius 2 is 2.05 bits per heavy atom. The minimum atomic E-state index is -0.481. The quantitative estimate of drug-likeness (QED) is 0.814. The number of halogens is 1. The van der Waals surface area contributed by atoms with E-state index in [1.807, 2.05) is 0 Å². The predicted octanol–water partition coefficient (Wildman–Crippen LogP) is 3.71. The van der Waals surface area contributed by atoms with Crippen LogP contribution >= 0.6 is 0 Å². The van der Waals surface area contributed by atoms with Crippen LogP contribution in [0, 0.1) is 11.7 Å². The molecule has 4 heteroatoms. The van der Waals surface area contributed by atoms with E-state index >= 15 is 0 Å². The number of nitrogen functional groups attached to an aromatic ring is 1.